The maximum Gasteiger partial charge on any atom is 0.419 e. The van der Waals surface area contributed by atoms with Gasteiger partial charge in [-0.1, -0.05) is 17.7 Å². The van der Waals surface area contributed by atoms with Crippen LogP contribution in [0.5, 0.6) is 0 Å². The van der Waals surface area contributed by atoms with Crippen molar-refractivity contribution in [3.63, 3.8) is 0 Å². The summed E-state index contributed by atoms with van der Waals surface area (Å²) in [7, 11) is 2.02. The van der Waals surface area contributed by atoms with Gasteiger partial charge in [0.2, 0.25) is 0 Å². The second-order valence-electron chi connectivity index (χ2n) is 7.65. The van der Waals surface area contributed by atoms with Crippen molar-refractivity contribution < 1.29 is 22.4 Å². The summed E-state index contributed by atoms with van der Waals surface area (Å²) in [6, 6.07) is 8.15. The molecule has 2 aromatic rings. The van der Waals surface area contributed by atoms with Gasteiger partial charge in [0.15, 0.2) is 0 Å². The number of aryl methyl sites for hydroxylation is 1. The molecule has 2 atom stereocenters. The molecule has 0 radical (unpaired) electrons. The van der Waals surface area contributed by atoms with Gasteiger partial charge in [0.25, 0.3) is 5.91 Å². The van der Waals surface area contributed by atoms with Crippen LogP contribution in [0, 0.1) is 12.7 Å². The summed E-state index contributed by atoms with van der Waals surface area (Å²) in [5, 5.41) is 0. The summed E-state index contributed by atoms with van der Waals surface area (Å²) in [5.74, 6) is -1.79. The number of carbonyl (C=O) groups excluding carboxylic acids is 1. The number of halogens is 4. The van der Waals surface area contributed by atoms with E-state index in [0.717, 1.165) is 42.4 Å². The van der Waals surface area contributed by atoms with Gasteiger partial charge in [-0.25, -0.2) is 4.39 Å². The number of piperidine rings is 1. The zero-order valence-electron chi connectivity index (χ0n) is 15.6. The number of nitrogens with zero attached hydrogens (tertiary/aromatic N) is 2. The highest BCUT2D eigenvalue weighted by atomic mass is 19.4. The quantitative estimate of drug-likeness (QED) is 0.663. The molecule has 1 fully saturated rings. The normalized spacial score (nSPS) is 22.1. The van der Waals surface area contributed by atoms with E-state index in [0.29, 0.717) is 12.1 Å². The Morgan fingerprint density at radius 3 is 2.61 bits per heavy atom. The van der Waals surface area contributed by atoms with Gasteiger partial charge in [-0.3, -0.25) is 4.79 Å². The predicted molar refractivity (Wildman–Crippen MR) is 98.0 cm³/mol. The zero-order valence-corrected chi connectivity index (χ0v) is 15.6. The molecule has 2 heterocycles. The molecule has 0 aliphatic carbocycles. The first-order chi connectivity index (χ1) is 13.2. The molecule has 2 aromatic carbocycles. The number of anilines is 1. The Labute approximate surface area is 160 Å². The second-order valence-corrected chi connectivity index (χ2v) is 7.65. The third-order valence-corrected chi connectivity index (χ3v) is 5.69. The van der Waals surface area contributed by atoms with Crippen LogP contribution in [0.2, 0.25) is 0 Å². The van der Waals surface area contributed by atoms with Crippen LogP contribution in [0.25, 0.3) is 0 Å². The maximum atomic E-state index is 13.7. The topological polar surface area (TPSA) is 23.6 Å². The van der Waals surface area contributed by atoms with Gasteiger partial charge in [-0.15, -0.1) is 0 Å². The molecule has 148 valence electrons. The molecule has 0 spiro atoms. The van der Waals surface area contributed by atoms with E-state index >= 15 is 0 Å². The number of hydrogen-bond donors (Lipinski definition) is 0. The minimum absolute atomic E-state index is 0.111. The Balaban J connectivity index is 1.78. The summed E-state index contributed by atoms with van der Waals surface area (Å²) < 4.78 is 52.9. The molecule has 0 N–H and O–H groups in total. The fourth-order valence-corrected chi connectivity index (χ4v) is 4.36. The molecule has 2 aliphatic heterocycles. The lowest BCUT2D eigenvalue weighted by Gasteiger charge is -2.36. The molecule has 1 saturated heterocycles. The van der Waals surface area contributed by atoms with E-state index in [4.69, 9.17) is 0 Å². The fraction of sp³-hybridized carbons (Fsp3) is 0.381. The summed E-state index contributed by atoms with van der Waals surface area (Å²) in [4.78, 5) is 17.1. The van der Waals surface area contributed by atoms with Crippen molar-refractivity contribution in [2.45, 2.75) is 31.5 Å². The third kappa shape index (κ3) is 3.07. The Morgan fingerprint density at radius 2 is 1.89 bits per heavy atom. The number of likely N-dealkylation sites (tertiary alicyclic amines) is 1. The molecule has 3 nitrogen and oxygen atoms in total. The van der Waals surface area contributed by atoms with Gasteiger partial charge in [0.1, 0.15) is 5.82 Å². The van der Waals surface area contributed by atoms with Crippen molar-refractivity contribution in [1.82, 2.24) is 4.90 Å². The molecular weight excluding hydrogens is 372 g/mol. The predicted octanol–water partition coefficient (Wildman–Crippen LogP) is 4.60. The van der Waals surface area contributed by atoms with Crippen LogP contribution in [-0.2, 0) is 6.18 Å². The highest BCUT2D eigenvalue weighted by Gasteiger charge is 2.44. The van der Waals surface area contributed by atoms with E-state index < -0.39 is 23.5 Å². The Hall–Kier alpha value is -2.41. The fourth-order valence-electron chi connectivity index (χ4n) is 4.36. The van der Waals surface area contributed by atoms with Crippen LogP contribution in [0.4, 0.5) is 23.2 Å². The number of benzene rings is 2. The Bertz CT molecular complexity index is 940. The van der Waals surface area contributed by atoms with Gasteiger partial charge in [0.05, 0.1) is 5.56 Å². The molecule has 4 rings (SSSR count). The van der Waals surface area contributed by atoms with Crippen LogP contribution in [0.1, 0.15) is 39.4 Å². The van der Waals surface area contributed by atoms with Crippen LogP contribution in [-0.4, -0.2) is 37.0 Å². The zero-order chi connectivity index (χ0) is 20.2. The van der Waals surface area contributed by atoms with Gasteiger partial charge < -0.3 is 9.80 Å². The monoisotopic (exact) mass is 392 g/mol. The van der Waals surface area contributed by atoms with E-state index in [-0.39, 0.29) is 17.5 Å². The lowest BCUT2D eigenvalue weighted by atomic mass is 9.88. The lowest BCUT2D eigenvalue weighted by molar-refractivity contribution is -0.140. The highest BCUT2D eigenvalue weighted by molar-refractivity contribution is 6.08. The average molecular weight is 392 g/mol. The number of carbonyl (C=O) groups is 1. The summed E-state index contributed by atoms with van der Waals surface area (Å²) in [6.07, 6.45) is -4.12. The van der Waals surface area contributed by atoms with Crippen LogP contribution < -0.4 is 4.90 Å². The molecule has 0 unspecified atom stereocenters. The first-order valence-electron chi connectivity index (χ1n) is 9.16. The van der Waals surface area contributed by atoms with Gasteiger partial charge in [-0.2, -0.15) is 13.2 Å². The van der Waals surface area contributed by atoms with Crippen molar-refractivity contribution in [2.75, 3.05) is 25.0 Å². The first kappa shape index (κ1) is 18.9. The molecule has 28 heavy (non-hydrogen) atoms. The smallest absolute Gasteiger partial charge is 0.306 e. The average Bonchev–Trinajstić information content (AvgIpc) is 2.93. The molecule has 2 aliphatic rings. The standard InChI is InChI=1S/C21H20F4N2O/c1-12-3-6-18-14(9-12)15-11-26(2)8-7-19(15)27(18)20(28)13-4-5-17(22)16(10-13)21(23,24)25/h3-6,9-10,15,19H,7-8,11H2,1-2H3/t15-,19-/m1/s1. The van der Waals surface area contributed by atoms with Crippen molar-refractivity contribution in [3.8, 4) is 0 Å². The van der Waals surface area contributed by atoms with E-state index in [2.05, 4.69) is 4.90 Å². The molecule has 0 aromatic heterocycles. The van der Waals surface area contributed by atoms with Gasteiger partial charge in [-0.05, 0) is 56.8 Å². The number of hydrogen-bond acceptors (Lipinski definition) is 2. The summed E-state index contributed by atoms with van der Waals surface area (Å²) >= 11 is 0. The van der Waals surface area contributed by atoms with Crippen LogP contribution in [0.3, 0.4) is 0 Å². The van der Waals surface area contributed by atoms with Gasteiger partial charge >= 0.3 is 6.18 Å². The SMILES string of the molecule is Cc1ccc2c(c1)[C@H]1CN(C)CC[C@H]1N2C(=O)c1ccc(F)c(C(F)(F)F)c1. The van der Waals surface area contributed by atoms with Crippen molar-refractivity contribution in [3.05, 3.63) is 64.5 Å². The molecule has 0 saturated carbocycles. The van der Waals surface area contributed by atoms with E-state index in [1.165, 1.54) is 0 Å². The third-order valence-electron chi connectivity index (χ3n) is 5.69. The van der Waals surface area contributed by atoms with Crippen LogP contribution >= 0.6 is 0 Å². The Morgan fingerprint density at radius 1 is 1.14 bits per heavy atom. The summed E-state index contributed by atoms with van der Waals surface area (Å²) in [6.45, 7) is 3.55. The molecular formula is C21H20F4N2O. The summed E-state index contributed by atoms with van der Waals surface area (Å²) in [5.41, 5.74) is 1.28. The van der Waals surface area contributed by atoms with Crippen LogP contribution in [0.15, 0.2) is 36.4 Å². The van der Waals surface area contributed by atoms with E-state index in [1.807, 2.05) is 32.2 Å². The van der Waals surface area contributed by atoms with Gasteiger partial charge in [0, 0.05) is 29.8 Å². The Kier molecular flexibility index (Phi) is 4.45. The largest absolute Gasteiger partial charge is 0.419 e. The molecule has 0 bridgehead atoms. The molecule has 7 heteroatoms. The minimum Gasteiger partial charge on any atom is -0.306 e. The van der Waals surface area contributed by atoms with Crippen molar-refractivity contribution >= 4 is 11.6 Å². The number of likely N-dealkylation sites (N-methyl/N-ethyl adjacent to an activating group) is 1. The van der Waals surface area contributed by atoms with E-state index in [9.17, 15) is 22.4 Å². The number of alkyl halides is 3. The first-order valence-corrected chi connectivity index (χ1v) is 9.16. The number of fused-ring (bicyclic) bond motifs is 3. The highest BCUT2D eigenvalue weighted by Crippen LogP contribution is 2.45. The van der Waals surface area contributed by atoms with Crippen molar-refractivity contribution in [2.24, 2.45) is 0 Å². The maximum absolute atomic E-state index is 13.7. The van der Waals surface area contributed by atoms with Crippen molar-refractivity contribution in [1.29, 1.82) is 0 Å². The van der Waals surface area contributed by atoms with E-state index in [1.54, 1.807) is 4.90 Å². The lowest BCUT2D eigenvalue weighted by Crippen LogP contribution is -2.47. The second kappa shape index (κ2) is 6.58. The number of rotatable bonds is 1. The number of amides is 1. The minimum atomic E-state index is -4.85. The molecule has 1 amide bonds.